The summed E-state index contributed by atoms with van der Waals surface area (Å²) in [6, 6.07) is 19.4. The summed E-state index contributed by atoms with van der Waals surface area (Å²) < 4.78 is 0. The molecule has 0 unspecified atom stereocenters. The third-order valence-corrected chi connectivity index (χ3v) is 7.13. The van der Waals surface area contributed by atoms with Crippen molar-refractivity contribution in [3.8, 4) is 6.07 Å². The molecule has 0 atom stereocenters. The molecule has 1 fully saturated rings. The zero-order chi connectivity index (χ0) is 22.3. The van der Waals surface area contributed by atoms with E-state index in [1.54, 1.807) is 22.3 Å². The molecule has 1 saturated carbocycles. The van der Waals surface area contributed by atoms with Gasteiger partial charge in [-0.2, -0.15) is 5.26 Å². The minimum absolute atomic E-state index is 0.157. The molecular formula is C26H28N4OS. The van der Waals surface area contributed by atoms with Crippen molar-refractivity contribution >= 4 is 22.4 Å². The molecule has 0 spiro atoms. The van der Waals surface area contributed by atoms with Gasteiger partial charge in [-0.05, 0) is 36.1 Å². The molecular weight excluding hydrogens is 416 g/mol. The Labute approximate surface area is 193 Å². The van der Waals surface area contributed by atoms with E-state index in [0.29, 0.717) is 24.6 Å². The Morgan fingerprint density at radius 2 is 1.91 bits per heavy atom. The van der Waals surface area contributed by atoms with Crippen LogP contribution in [0.4, 0.5) is 9.80 Å². The average Bonchev–Trinajstić information content (AvgIpc) is 3.46. The maximum atomic E-state index is 13.3. The first-order chi connectivity index (χ1) is 15.6. The van der Waals surface area contributed by atoms with Gasteiger partial charge in [0.2, 0.25) is 0 Å². The molecule has 1 aromatic heterocycles. The van der Waals surface area contributed by atoms with Crippen molar-refractivity contribution in [2.45, 2.75) is 52.1 Å². The van der Waals surface area contributed by atoms with Crippen LogP contribution in [0.15, 0.2) is 54.6 Å². The lowest BCUT2D eigenvalue weighted by molar-refractivity contribution is 0.245. The lowest BCUT2D eigenvalue weighted by atomic mass is 10.1. The predicted octanol–water partition coefficient (Wildman–Crippen LogP) is 5.97. The van der Waals surface area contributed by atoms with Gasteiger partial charge >= 0.3 is 6.03 Å². The predicted molar refractivity (Wildman–Crippen MR) is 129 cm³/mol. The number of nitriles is 1. The zero-order valence-corrected chi connectivity index (χ0v) is 19.2. The number of aryl methyl sites for hydroxylation is 1. The SMILES string of the molecule is Cc1nc(CC2CCCC2)sc1N(Cc1cccc(C#N)c1)C(=O)NCc1ccccc1. The number of amides is 2. The van der Waals surface area contributed by atoms with Crippen LogP contribution in [-0.2, 0) is 19.5 Å². The van der Waals surface area contributed by atoms with Crippen molar-refractivity contribution in [2.75, 3.05) is 4.90 Å². The zero-order valence-electron chi connectivity index (χ0n) is 18.4. The van der Waals surface area contributed by atoms with Gasteiger partial charge in [-0.3, -0.25) is 4.90 Å². The van der Waals surface area contributed by atoms with Gasteiger partial charge in [0.05, 0.1) is 28.9 Å². The van der Waals surface area contributed by atoms with Gasteiger partial charge in [-0.15, -0.1) is 11.3 Å². The largest absolute Gasteiger partial charge is 0.334 e. The smallest absolute Gasteiger partial charge is 0.323 e. The Bertz CT molecular complexity index is 1100. The highest BCUT2D eigenvalue weighted by Gasteiger charge is 2.24. The van der Waals surface area contributed by atoms with Crippen LogP contribution in [0, 0.1) is 24.2 Å². The van der Waals surface area contributed by atoms with Crippen LogP contribution in [0.3, 0.4) is 0 Å². The van der Waals surface area contributed by atoms with E-state index in [0.717, 1.165) is 33.3 Å². The number of hydrogen-bond acceptors (Lipinski definition) is 4. The molecule has 2 amide bonds. The minimum atomic E-state index is -0.157. The molecule has 5 nitrogen and oxygen atoms in total. The number of rotatable bonds is 7. The van der Waals surface area contributed by atoms with Crippen molar-refractivity contribution in [1.82, 2.24) is 10.3 Å². The summed E-state index contributed by atoms with van der Waals surface area (Å²) in [6.07, 6.45) is 6.16. The fourth-order valence-corrected chi connectivity index (χ4v) is 5.44. The second kappa shape index (κ2) is 10.4. The summed E-state index contributed by atoms with van der Waals surface area (Å²) in [4.78, 5) is 19.9. The molecule has 0 radical (unpaired) electrons. The Morgan fingerprint density at radius 1 is 1.16 bits per heavy atom. The maximum absolute atomic E-state index is 13.3. The van der Waals surface area contributed by atoms with Gasteiger partial charge in [-0.1, -0.05) is 68.1 Å². The number of aromatic nitrogens is 1. The Balaban J connectivity index is 1.57. The molecule has 0 saturated heterocycles. The number of benzene rings is 2. The Morgan fingerprint density at radius 3 is 2.66 bits per heavy atom. The number of nitrogens with zero attached hydrogens (tertiary/aromatic N) is 3. The summed E-state index contributed by atoms with van der Waals surface area (Å²) in [5.74, 6) is 0.709. The van der Waals surface area contributed by atoms with Crippen molar-refractivity contribution in [3.63, 3.8) is 0 Å². The molecule has 3 aromatic rings. The fourth-order valence-electron chi connectivity index (χ4n) is 4.27. The first-order valence-corrected chi connectivity index (χ1v) is 12.0. The summed E-state index contributed by atoms with van der Waals surface area (Å²) in [5, 5.41) is 14.3. The first kappa shape index (κ1) is 22.0. The lowest BCUT2D eigenvalue weighted by Crippen LogP contribution is -2.39. The maximum Gasteiger partial charge on any atom is 0.323 e. The van der Waals surface area contributed by atoms with Crippen LogP contribution in [0.5, 0.6) is 0 Å². The van der Waals surface area contributed by atoms with Crippen LogP contribution in [0.25, 0.3) is 0 Å². The average molecular weight is 445 g/mol. The molecule has 0 aliphatic heterocycles. The summed E-state index contributed by atoms with van der Waals surface area (Å²) in [7, 11) is 0. The molecule has 32 heavy (non-hydrogen) atoms. The Kier molecular flexibility index (Phi) is 7.18. The van der Waals surface area contributed by atoms with E-state index in [4.69, 9.17) is 4.98 Å². The number of hydrogen-bond donors (Lipinski definition) is 1. The van der Waals surface area contributed by atoms with Crippen LogP contribution >= 0.6 is 11.3 Å². The molecule has 6 heteroatoms. The summed E-state index contributed by atoms with van der Waals surface area (Å²) in [5.41, 5.74) is 3.45. The number of nitrogens with one attached hydrogen (secondary N) is 1. The second-order valence-corrected chi connectivity index (χ2v) is 9.46. The quantitative estimate of drug-likeness (QED) is 0.488. The second-order valence-electron chi connectivity index (χ2n) is 8.40. The fraction of sp³-hybridized carbons (Fsp3) is 0.346. The molecule has 2 aromatic carbocycles. The highest BCUT2D eigenvalue weighted by atomic mass is 32.1. The van der Waals surface area contributed by atoms with Crippen molar-refractivity contribution in [3.05, 3.63) is 82.0 Å². The van der Waals surface area contributed by atoms with Gasteiger partial charge in [-0.25, -0.2) is 9.78 Å². The lowest BCUT2D eigenvalue weighted by Gasteiger charge is -2.22. The van der Waals surface area contributed by atoms with E-state index in [9.17, 15) is 10.1 Å². The molecule has 1 aliphatic carbocycles. The highest BCUT2D eigenvalue weighted by Crippen LogP contribution is 2.34. The number of urea groups is 1. The van der Waals surface area contributed by atoms with Gasteiger partial charge in [0.1, 0.15) is 5.00 Å². The first-order valence-electron chi connectivity index (χ1n) is 11.2. The molecule has 1 N–H and O–H groups in total. The number of carbonyl (C=O) groups is 1. The molecule has 4 rings (SSSR count). The highest BCUT2D eigenvalue weighted by molar-refractivity contribution is 7.16. The summed E-state index contributed by atoms with van der Waals surface area (Å²) in [6.45, 7) is 2.83. The van der Waals surface area contributed by atoms with Gasteiger partial charge in [0, 0.05) is 13.0 Å². The van der Waals surface area contributed by atoms with Crippen LogP contribution in [0.2, 0.25) is 0 Å². The third-order valence-electron chi connectivity index (χ3n) is 5.93. The van der Waals surface area contributed by atoms with Crippen LogP contribution in [0.1, 0.15) is 53.1 Å². The normalized spacial score (nSPS) is 13.6. The Hall–Kier alpha value is -3.17. The van der Waals surface area contributed by atoms with Crippen LogP contribution in [-0.4, -0.2) is 11.0 Å². The summed E-state index contributed by atoms with van der Waals surface area (Å²) >= 11 is 1.62. The monoisotopic (exact) mass is 444 g/mol. The molecule has 164 valence electrons. The van der Waals surface area contributed by atoms with E-state index < -0.39 is 0 Å². The van der Waals surface area contributed by atoms with Crippen molar-refractivity contribution < 1.29 is 4.79 Å². The van der Waals surface area contributed by atoms with Gasteiger partial charge in [0.15, 0.2) is 0 Å². The molecule has 0 bridgehead atoms. The third kappa shape index (κ3) is 5.54. The number of carbonyl (C=O) groups excluding carboxylic acids is 1. The number of anilines is 1. The topological polar surface area (TPSA) is 69.0 Å². The van der Waals surface area contributed by atoms with E-state index in [-0.39, 0.29) is 6.03 Å². The van der Waals surface area contributed by atoms with E-state index in [2.05, 4.69) is 11.4 Å². The van der Waals surface area contributed by atoms with Gasteiger partial charge < -0.3 is 5.32 Å². The standard InChI is InChI=1S/C26H28N4OS/c1-19-25(32-24(29-19)15-20-8-5-6-9-20)30(18-23-13-7-12-22(14-23)16-27)26(31)28-17-21-10-3-2-4-11-21/h2-4,7,10-14,20H,5-6,8-9,15,17-18H2,1H3,(H,28,31). The number of thiazole rings is 1. The molecule has 1 heterocycles. The van der Waals surface area contributed by atoms with Crippen molar-refractivity contribution in [1.29, 1.82) is 5.26 Å². The van der Waals surface area contributed by atoms with E-state index in [1.807, 2.05) is 55.5 Å². The van der Waals surface area contributed by atoms with E-state index >= 15 is 0 Å². The minimum Gasteiger partial charge on any atom is -0.334 e. The van der Waals surface area contributed by atoms with E-state index in [1.165, 1.54) is 25.7 Å². The molecule has 1 aliphatic rings. The van der Waals surface area contributed by atoms with Crippen molar-refractivity contribution in [2.24, 2.45) is 5.92 Å². The van der Waals surface area contributed by atoms with Gasteiger partial charge in [0.25, 0.3) is 0 Å². The van der Waals surface area contributed by atoms with Crippen LogP contribution < -0.4 is 10.2 Å².